The molecule has 7 nitrogen and oxygen atoms in total. The lowest BCUT2D eigenvalue weighted by Crippen LogP contribution is -2.61. The predicted octanol–water partition coefficient (Wildman–Crippen LogP) is 0.575. The van der Waals surface area contributed by atoms with Crippen LogP contribution in [0.1, 0.15) is 11.8 Å². The average Bonchev–Trinajstić information content (AvgIpc) is 2.96. The lowest BCUT2D eigenvalue weighted by Gasteiger charge is -2.36. The Bertz CT molecular complexity index is 532. The Morgan fingerprint density at radius 2 is 2.33 bits per heavy atom. The van der Waals surface area contributed by atoms with Crippen LogP contribution in [-0.4, -0.2) is 58.5 Å². The van der Waals surface area contributed by atoms with Crippen molar-refractivity contribution in [2.24, 2.45) is 0 Å². The number of carboxylic acid groups (broad SMARTS) is 1. The van der Waals surface area contributed by atoms with Crippen molar-refractivity contribution in [1.29, 1.82) is 0 Å². The minimum absolute atomic E-state index is 0.0591. The highest BCUT2D eigenvalue weighted by molar-refractivity contribution is 7.09. The van der Waals surface area contributed by atoms with Crippen LogP contribution < -0.4 is 5.32 Å². The summed E-state index contributed by atoms with van der Waals surface area (Å²) in [5, 5.41) is 13.6. The second-order valence-electron chi connectivity index (χ2n) is 4.66. The molecule has 1 aliphatic rings. The van der Waals surface area contributed by atoms with Gasteiger partial charge in [-0.15, -0.1) is 11.3 Å². The highest BCUT2D eigenvalue weighted by Crippen LogP contribution is 2.15. The third-order valence-electron chi connectivity index (χ3n) is 3.29. The zero-order valence-corrected chi connectivity index (χ0v) is 12.4. The van der Waals surface area contributed by atoms with Gasteiger partial charge in [0.1, 0.15) is 12.6 Å². The molecule has 2 N–H and O–H groups in total. The van der Waals surface area contributed by atoms with Gasteiger partial charge in [-0.2, -0.15) is 0 Å². The van der Waals surface area contributed by atoms with Crippen molar-refractivity contribution >= 4 is 29.2 Å². The molecule has 1 fully saturated rings. The number of urea groups is 1. The summed E-state index contributed by atoms with van der Waals surface area (Å²) in [7, 11) is 0. The summed E-state index contributed by atoms with van der Waals surface area (Å²) in [6.07, 6.45) is 0. The maximum Gasteiger partial charge on any atom is 0.328 e. The van der Waals surface area contributed by atoms with Crippen LogP contribution in [0.25, 0.3) is 0 Å². The molecule has 114 valence electrons. The Kier molecular flexibility index (Phi) is 4.79. The fourth-order valence-electron chi connectivity index (χ4n) is 2.15. The number of amides is 3. The number of carboxylic acids is 1. The first-order valence-corrected chi connectivity index (χ1v) is 7.48. The van der Waals surface area contributed by atoms with Gasteiger partial charge in [0.15, 0.2) is 0 Å². The SMILES string of the molecule is CCN(Cc1cccs1)C(=O)N1CC(=O)NCC1C(=O)O. The first-order valence-electron chi connectivity index (χ1n) is 6.60. The molecule has 1 saturated heterocycles. The summed E-state index contributed by atoms with van der Waals surface area (Å²) in [4.78, 5) is 38.9. The van der Waals surface area contributed by atoms with E-state index in [0.717, 1.165) is 9.78 Å². The minimum Gasteiger partial charge on any atom is -0.480 e. The van der Waals surface area contributed by atoms with E-state index in [1.807, 2.05) is 24.4 Å². The molecule has 8 heteroatoms. The molecular weight excluding hydrogens is 294 g/mol. The van der Waals surface area contributed by atoms with Gasteiger partial charge >= 0.3 is 12.0 Å². The van der Waals surface area contributed by atoms with Crippen molar-refractivity contribution in [3.63, 3.8) is 0 Å². The molecule has 3 amide bonds. The Hall–Kier alpha value is -2.09. The highest BCUT2D eigenvalue weighted by Gasteiger charge is 2.37. The topological polar surface area (TPSA) is 90.0 Å². The van der Waals surface area contributed by atoms with E-state index in [9.17, 15) is 19.5 Å². The second-order valence-corrected chi connectivity index (χ2v) is 5.69. The molecule has 21 heavy (non-hydrogen) atoms. The predicted molar refractivity (Wildman–Crippen MR) is 76.9 cm³/mol. The summed E-state index contributed by atoms with van der Waals surface area (Å²) < 4.78 is 0. The maximum absolute atomic E-state index is 12.5. The molecule has 0 spiro atoms. The van der Waals surface area contributed by atoms with Gasteiger partial charge in [0.05, 0.1) is 6.54 Å². The zero-order valence-electron chi connectivity index (χ0n) is 11.6. The van der Waals surface area contributed by atoms with Crippen LogP contribution in [0.3, 0.4) is 0 Å². The van der Waals surface area contributed by atoms with Crippen LogP contribution in [0.2, 0.25) is 0 Å². The van der Waals surface area contributed by atoms with E-state index in [-0.39, 0.29) is 19.0 Å². The van der Waals surface area contributed by atoms with Gasteiger partial charge in [0, 0.05) is 18.0 Å². The van der Waals surface area contributed by atoms with Crippen molar-refractivity contribution < 1.29 is 19.5 Å². The molecule has 1 aliphatic heterocycles. The van der Waals surface area contributed by atoms with Crippen LogP contribution in [0, 0.1) is 0 Å². The molecule has 1 unspecified atom stereocenters. The Balaban J connectivity index is 2.13. The number of rotatable bonds is 4. The molecule has 2 heterocycles. The number of nitrogens with zero attached hydrogens (tertiary/aromatic N) is 2. The third-order valence-corrected chi connectivity index (χ3v) is 4.15. The number of aliphatic carboxylic acids is 1. The zero-order chi connectivity index (χ0) is 15.4. The lowest BCUT2D eigenvalue weighted by atomic mass is 10.2. The summed E-state index contributed by atoms with van der Waals surface area (Å²) in [6.45, 7) is 2.40. The average molecular weight is 311 g/mol. The smallest absolute Gasteiger partial charge is 0.328 e. The third kappa shape index (κ3) is 3.52. The summed E-state index contributed by atoms with van der Waals surface area (Å²) in [5.74, 6) is -1.46. The Labute approximate surface area is 126 Å². The number of hydrogen-bond acceptors (Lipinski definition) is 4. The van der Waals surface area contributed by atoms with Gasteiger partial charge in [-0.25, -0.2) is 9.59 Å². The van der Waals surface area contributed by atoms with Gasteiger partial charge in [-0.05, 0) is 18.4 Å². The second kappa shape index (κ2) is 6.57. The molecular formula is C13H17N3O4S. The van der Waals surface area contributed by atoms with E-state index in [0.29, 0.717) is 13.1 Å². The van der Waals surface area contributed by atoms with Crippen molar-refractivity contribution in [1.82, 2.24) is 15.1 Å². The number of nitrogens with one attached hydrogen (secondary N) is 1. The normalized spacial score (nSPS) is 18.2. The molecule has 1 aromatic rings. The monoisotopic (exact) mass is 311 g/mol. The molecule has 0 aliphatic carbocycles. The standard InChI is InChI=1S/C13H17N3O4S/c1-2-15(7-9-4-3-5-21-9)13(20)16-8-11(17)14-6-10(16)12(18)19/h3-5,10H,2,6-8H2,1H3,(H,14,17)(H,18,19). The first kappa shape index (κ1) is 15.3. The highest BCUT2D eigenvalue weighted by atomic mass is 32.1. The lowest BCUT2D eigenvalue weighted by molar-refractivity contribution is -0.144. The van der Waals surface area contributed by atoms with E-state index >= 15 is 0 Å². The van der Waals surface area contributed by atoms with E-state index in [1.54, 1.807) is 4.90 Å². The number of piperazine rings is 1. The van der Waals surface area contributed by atoms with Gasteiger partial charge < -0.3 is 15.3 Å². The van der Waals surface area contributed by atoms with E-state index in [4.69, 9.17) is 0 Å². The quantitative estimate of drug-likeness (QED) is 0.851. The first-order chi connectivity index (χ1) is 10.0. The Morgan fingerprint density at radius 3 is 2.90 bits per heavy atom. The van der Waals surface area contributed by atoms with Crippen LogP contribution in [0.5, 0.6) is 0 Å². The van der Waals surface area contributed by atoms with E-state index in [2.05, 4.69) is 5.32 Å². The molecule has 0 bridgehead atoms. The number of hydrogen-bond donors (Lipinski definition) is 2. The molecule has 1 aromatic heterocycles. The number of carbonyl (C=O) groups is 3. The van der Waals surface area contributed by atoms with E-state index < -0.39 is 18.0 Å². The van der Waals surface area contributed by atoms with Gasteiger partial charge in [-0.3, -0.25) is 9.69 Å². The summed E-state index contributed by atoms with van der Waals surface area (Å²) in [5.41, 5.74) is 0. The van der Waals surface area contributed by atoms with Gasteiger partial charge in [0.25, 0.3) is 0 Å². The molecule has 2 rings (SSSR count). The van der Waals surface area contributed by atoms with Crippen molar-refractivity contribution in [2.45, 2.75) is 19.5 Å². The van der Waals surface area contributed by atoms with Crippen LogP contribution in [0.4, 0.5) is 4.79 Å². The Morgan fingerprint density at radius 1 is 1.57 bits per heavy atom. The fourth-order valence-corrected chi connectivity index (χ4v) is 2.87. The van der Waals surface area contributed by atoms with Gasteiger partial charge in [0.2, 0.25) is 5.91 Å². The van der Waals surface area contributed by atoms with Gasteiger partial charge in [-0.1, -0.05) is 6.07 Å². The fraction of sp³-hybridized carbons (Fsp3) is 0.462. The van der Waals surface area contributed by atoms with Crippen LogP contribution in [0.15, 0.2) is 17.5 Å². The molecule has 1 atom stereocenters. The van der Waals surface area contributed by atoms with Crippen LogP contribution in [-0.2, 0) is 16.1 Å². The minimum atomic E-state index is -1.12. The van der Waals surface area contributed by atoms with Crippen molar-refractivity contribution in [3.05, 3.63) is 22.4 Å². The maximum atomic E-state index is 12.5. The summed E-state index contributed by atoms with van der Waals surface area (Å²) >= 11 is 1.53. The number of thiophene rings is 1. The largest absolute Gasteiger partial charge is 0.480 e. The van der Waals surface area contributed by atoms with E-state index in [1.165, 1.54) is 11.3 Å². The molecule has 0 saturated carbocycles. The molecule has 0 radical (unpaired) electrons. The molecule has 0 aromatic carbocycles. The van der Waals surface area contributed by atoms with Crippen molar-refractivity contribution in [3.8, 4) is 0 Å². The van der Waals surface area contributed by atoms with Crippen LogP contribution >= 0.6 is 11.3 Å². The summed E-state index contributed by atoms with van der Waals surface area (Å²) in [6, 6.07) is 2.37. The van der Waals surface area contributed by atoms with Crippen molar-refractivity contribution in [2.75, 3.05) is 19.6 Å². The number of carbonyl (C=O) groups excluding carboxylic acids is 2.